The van der Waals surface area contributed by atoms with E-state index < -0.39 is 5.97 Å². The number of aromatic nitrogens is 3. The first-order valence-corrected chi connectivity index (χ1v) is 6.71. The van der Waals surface area contributed by atoms with Crippen LogP contribution in [0.2, 0.25) is 0 Å². The molecule has 1 aliphatic rings. The number of carboxylic acid groups (broad SMARTS) is 1. The fourth-order valence-electron chi connectivity index (χ4n) is 1.99. The molecule has 19 heavy (non-hydrogen) atoms. The van der Waals surface area contributed by atoms with E-state index in [0.29, 0.717) is 17.6 Å². The van der Waals surface area contributed by atoms with Crippen LogP contribution in [0.25, 0.3) is 0 Å². The van der Waals surface area contributed by atoms with Crippen LogP contribution in [0.15, 0.2) is 29.4 Å². The summed E-state index contributed by atoms with van der Waals surface area (Å²) < 4.78 is 5.58. The van der Waals surface area contributed by atoms with Crippen LogP contribution in [0, 0.1) is 0 Å². The number of benzene rings is 1. The molecule has 2 aromatic rings. The molecule has 0 saturated carbocycles. The molecule has 0 amide bonds. The number of nitrogens with zero attached hydrogens (tertiary/aromatic N) is 2. The van der Waals surface area contributed by atoms with Crippen LogP contribution in [0.5, 0.6) is 5.75 Å². The molecule has 1 unspecified atom stereocenters. The third-order valence-electron chi connectivity index (χ3n) is 2.84. The summed E-state index contributed by atoms with van der Waals surface area (Å²) >= 11 is 1.10. The van der Waals surface area contributed by atoms with Crippen molar-refractivity contribution in [1.82, 2.24) is 15.2 Å². The zero-order valence-corrected chi connectivity index (χ0v) is 10.7. The molecular formula is C12H11N3O3S. The number of hydrogen-bond donors (Lipinski definition) is 2. The Morgan fingerprint density at radius 1 is 1.53 bits per heavy atom. The summed E-state index contributed by atoms with van der Waals surface area (Å²) in [5, 5.41) is 15.9. The highest BCUT2D eigenvalue weighted by Crippen LogP contribution is 2.36. The first-order valence-electron chi connectivity index (χ1n) is 5.72. The first-order chi connectivity index (χ1) is 9.24. The number of fused-ring (bicyclic) bond motifs is 1. The number of H-pyrrole nitrogens is 1. The quantitative estimate of drug-likeness (QED) is 0.823. The highest BCUT2D eigenvalue weighted by molar-refractivity contribution is 7.99. The Bertz CT molecular complexity index is 614. The molecule has 7 heteroatoms. The summed E-state index contributed by atoms with van der Waals surface area (Å²) in [6, 6.07) is 7.80. The van der Waals surface area contributed by atoms with Crippen molar-refractivity contribution in [3.63, 3.8) is 0 Å². The lowest BCUT2D eigenvalue weighted by atomic mass is 10.0. The molecule has 0 spiro atoms. The molecule has 2 heterocycles. The lowest BCUT2D eigenvalue weighted by Gasteiger charge is -2.03. The predicted molar refractivity (Wildman–Crippen MR) is 68.5 cm³/mol. The van der Waals surface area contributed by atoms with Crippen LogP contribution < -0.4 is 4.74 Å². The number of rotatable bonds is 4. The molecule has 0 fully saturated rings. The molecule has 0 saturated heterocycles. The molecule has 1 atom stereocenters. The standard InChI is InChI=1S/C12H11N3O3S/c16-10(17)6-19-12-13-11(14-15-12)8-5-18-9-4-2-1-3-7(8)9/h1-4,8H,5-6H2,(H,16,17)(H,13,14,15). The minimum absolute atomic E-state index is 0.0304. The van der Waals surface area contributed by atoms with E-state index in [1.807, 2.05) is 24.3 Å². The van der Waals surface area contributed by atoms with Crippen molar-refractivity contribution in [3.05, 3.63) is 35.7 Å². The topological polar surface area (TPSA) is 88.1 Å². The molecule has 0 radical (unpaired) electrons. The maximum absolute atomic E-state index is 10.5. The Hall–Kier alpha value is -2.02. The van der Waals surface area contributed by atoms with Crippen LogP contribution in [0.3, 0.4) is 0 Å². The lowest BCUT2D eigenvalue weighted by Crippen LogP contribution is -2.04. The van der Waals surface area contributed by atoms with Crippen LogP contribution in [-0.2, 0) is 4.79 Å². The third kappa shape index (κ3) is 2.41. The molecule has 0 bridgehead atoms. The number of ether oxygens (including phenoxy) is 1. The summed E-state index contributed by atoms with van der Waals surface area (Å²) in [6.45, 7) is 0.525. The summed E-state index contributed by atoms with van der Waals surface area (Å²) in [5.74, 6) is 0.671. The normalized spacial score (nSPS) is 16.9. The Morgan fingerprint density at radius 2 is 2.37 bits per heavy atom. The number of thioether (sulfide) groups is 1. The molecular weight excluding hydrogens is 266 g/mol. The van der Waals surface area contributed by atoms with Gasteiger partial charge in [0.2, 0.25) is 5.16 Å². The van der Waals surface area contributed by atoms with Crippen LogP contribution in [0.4, 0.5) is 0 Å². The van der Waals surface area contributed by atoms with E-state index in [-0.39, 0.29) is 11.7 Å². The zero-order valence-electron chi connectivity index (χ0n) is 9.87. The van der Waals surface area contributed by atoms with Gasteiger partial charge in [0.25, 0.3) is 0 Å². The predicted octanol–water partition coefficient (Wildman–Crippen LogP) is 1.51. The number of carboxylic acids is 1. The van der Waals surface area contributed by atoms with Gasteiger partial charge in [-0.2, -0.15) is 0 Å². The van der Waals surface area contributed by atoms with Crippen molar-refractivity contribution in [2.24, 2.45) is 0 Å². The van der Waals surface area contributed by atoms with Crippen molar-refractivity contribution < 1.29 is 14.6 Å². The van der Waals surface area contributed by atoms with Crippen molar-refractivity contribution >= 4 is 17.7 Å². The molecule has 98 valence electrons. The van der Waals surface area contributed by atoms with Crippen LogP contribution in [-0.4, -0.2) is 38.6 Å². The van der Waals surface area contributed by atoms with Gasteiger partial charge in [-0.25, -0.2) is 4.98 Å². The van der Waals surface area contributed by atoms with Crippen LogP contribution in [0.1, 0.15) is 17.3 Å². The van der Waals surface area contributed by atoms with Gasteiger partial charge in [-0.15, -0.1) is 5.10 Å². The van der Waals surface area contributed by atoms with E-state index in [4.69, 9.17) is 9.84 Å². The van der Waals surface area contributed by atoms with Gasteiger partial charge in [0.1, 0.15) is 18.2 Å². The van der Waals surface area contributed by atoms with E-state index in [2.05, 4.69) is 15.2 Å². The first kappa shape index (κ1) is 12.0. The van der Waals surface area contributed by atoms with Gasteiger partial charge in [-0.1, -0.05) is 30.0 Å². The smallest absolute Gasteiger partial charge is 0.313 e. The highest BCUT2D eigenvalue weighted by Gasteiger charge is 2.28. The van der Waals surface area contributed by atoms with Crippen molar-refractivity contribution in [2.75, 3.05) is 12.4 Å². The van der Waals surface area contributed by atoms with E-state index in [0.717, 1.165) is 23.1 Å². The number of hydrogen-bond acceptors (Lipinski definition) is 5. The molecule has 6 nitrogen and oxygen atoms in total. The number of para-hydroxylation sites is 1. The summed E-state index contributed by atoms with van der Waals surface area (Å²) in [5.41, 5.74) is 1.08. The second kappa shape index (κ2) is 4.93. The molecule has 1 aliphatic heterocycles. The number of aliphatic carboxylic acids is 1. The van der Waals surface area contributed by atoms with Crippen molar-refractivity contribution in [1.29, 1.82) is 0 Å². The average Bonchev–Trinajstić information content (AvgIpc) is 3.02. The van der Waals surface area contributed by atoms with E-state index in [1.165, 1.54) is 0 Å². The fourth-order valence-corrected chi connectivity index (χ4v) is 2.52. The maximum Gasteiger partial charge on any atom is 0.313 e. The Kier molecular flexibility index (Phi) is 3.12. The summed E-state index contributed by atoms with van der Waals surface area (Å²) in [4.78, 5) is 14.8. The Balaban J connectivity index is 1.79. The second-order valence-electron chi connectivity index (χ2n) is 4.09. The lowest BCUT2D eigenvalue weighted by molar-refractivity contribution is -0.133. The fraction of sp³-hybridized carbons (Fsp3) is 0.250. The molecule has 1 aromatic heterocycles. The van der Waals surface area contributed by atoms with Crippen molar-refractivity contribution in [2.45, 2.75) is 11.1 Å². The minimum Gasteiger partial charge on any atom is -0.492 e. The molecule has 3 rings (SSSR count). The van der Waals surface area contributed by atoms with Gasteiger partial charge in [-0.05, 0) is 6.07 Å². The van der Waals surface area contributed by atoms with Gasteiger partial charge in [0, 0.05) is 5.56 Å². The van der Waals surface area contributed by atoms with E-state index in [1.54, 1.807) is 0 Å². The van der Waals surface area contributed by atoms with Crippen LogP contribution >= 0.6 is 11.8 Å². The van der Waals surface area contributed by atoms with Crippen molar-refractivity contribution in [3.8, 4) is 5.75 Å². The second-order valence-corrected chi connectivity index (χ2v) is 5.03. The molecule has 2 N–H and O–H groups in total. The molecule has 0 aliphatic carbocycles. The van der Waals surface area contributed by atoms with Gasteiger partial charge >= 0.3 is 5.97 Å². The van der Waals surface area contributed by atoms with E-state index >= 15 is 0 Å². The SMILES string of the molecule is O=C(O)CSc1n[nH]c(C2COc3ccccc32)n1. The summed E-state index contributed by atoms with van der Waals surface area (Å²) in [6.07, 6.45) is 0. The van der Waals surface area contributed by atoms with Gasteiger partial charge in [0.15, 0.2) is 0 Å². The Morgan fingerprint density at radius 3 is 3.21 bits per heavy atom. The maximum atomic E-state index is 10.5. The molecule has 1 aromatic carbocycles. The Labute approximate surface area is 113 Å². The largest absolute Gasteiger partial charge is 0.492 e. The number of nitrogens with one attached hydrogen (secondary N) is 1. The summed E-state index contributed by atoms with van der Waals surface area (Å²) in [7, 11) is 0. The minimum atomic E-state index is -0.883. The van der Waals surface area contributed by atoms with Gasteiger partial charge < -0.3 is 9.84 Å². The average molecular weight is 277 g/mol. The van der Waals surface area contributed by atoms with Gasteiger partial charge in [0.05, 0.1) is 11.7 Å². The highest BCUT2D eigenvalue weighted by atomic mass is 32.2. The zero-order chi connectivity index (χ0) is 13.2. The third-order valence-corrected chi connectivity index (χ3v) is 3.67. The van der Waals surface area contributed by atoms with E-state index in [9.17, 15) is 4.79 Å². The number of carbonyl (C=O) groups is 1. The number of aromatic amines is 1. The monoisotopic (exact) mass is 277 g/mol. The van der Waals surface area contributed by atoms with Gasteiger partial charge in [-0.3, -0.25) is 9.89 Å².